The molecule has 22 heavy (non-hydrogen) atoms. The quantitative estimate of drug-likeness (QED) is 0.674. The number of carbonyl (C=O) groups excluding carboxylic acids is 2. The van der Waals surface area contributed by atoms with E-state index in [9.17, 15) is 9.59 Å². The molecule has 7 nitrogen and oxygen atoms in total. The van der Waals surface area contributed by atoms with Gasteiger partial charge in [-0.25, -0.2) is 19.4 Å². The lowest BCUT2D eigenvalue weighted by atomic mass is 10.0. The van der Waals surface area contributed by atoms with Crippen molar-refractivity contribution in [2.45, 2.75) is 25.6 Å². The molecule has 1 fully saturated rings. The van der Waals surface area contributed by atoms with Gasteiger partial charge in [-0.15, -0.1) is 0 Å². The fourth-order valence-electron chi connectivity index (χ4n) is 2.05. The predicted molar refractivity (Wildman–Crippen MR) is 75.7 cm³/mol. The number of ether oxygens (including phenoxy) is 2. The molecule has 7 heteroatoms. The van der Waals surface area contributed by atoms with Gasteiger partial charge in [0.25, 0.3) is 0 Å². The minimum Gasteiger partial charge on any atom is -0.352 e. The third kappa shape index (κ3) is 5.34. The Labute approximate surface area is 128 Å². The summed E-state index contributed by atoms with van der Waals surface area (Å²) in [4.78, 5) is 29.9. The van der Waals surface area contributed by atoms with E-state index in [1.807, 2.05) is 30.3 Å². The highest BCUT2D eigenvalue weighted by atomic mass is 17.2. The highest BCUT2D eigenvalue weighted by Gasteiger charge is 2.23. The molecule has 0 aliphatic carbocycles. The molecule has 1 heterocycles. The summed E-state index contributed by atoms with van der Waals surface area (Å²) in [5.41, 5.74) is 1.18. The fraction of sp³-hybridized carbons (Fsp3) is 0.467. The van der Waals surface area contributed by atoms with E-state index in [-0.39, 0.29) is 12.2 Å². The third-order valence-electron chi connectivity index (χ3n) is 3.12. The Morgan fingerprint density at radius 2 is 1.86 bits per heavy atom. The SMILES string of the molecule is CC(=O)OOC(=O)NCC[C@H]1OC[C@H](c2ccccc2)CO1. The lowest BCUT2D eigenvalue weighted by Crippen LogP contribution is -2.34. The number of benzene rings is 1. The molecular weight excluding hydrogens is 290 g/mol. The summed E-state index contributed by atoms with van der Waals surface area (Å²) in [7, 11) is 0. The first kappa shape index (κ1) is 16.3. The van der Waals surface area contributed by atoms with Gasteiger partial charge in [0, 0.05) is 25.8 Å². The molecule has 1 N–H and O–H groups in total. The van der Waals surface area contributed by atoms with E-state index >= 15 is 0 Å². The molecule has 1 aromatic rings. The van der Waals surface area contributed by atoms with Gasteiger partial charge in [0.1, 0.15) is 0 Å². The number of carbonyl (C=O) groups is 2. The molecule has 1 aromatic carbocycles. The molecule has 0 saturated carbocycles. The maximum atomic E-state index is 11.1. The van der Waals surface area contributed by atoms with Crippen LogP contribution in [0.4, 0.5) is 4.79 Å². The van der Waals surface area contributed by atoms with E-state index in [1.165, 1.54) is 5.56 Å². The first-order valence-electron chi connectivity index (χ1n) is 7.06. The second kappa shape index (κ2) is 8.35. The summed E-state index contributed by atoms with van der Waals surface area (Å²) >= 11 is 0. The van der Waals surface area contributed by atoms with Gasteiger partial charge >= 0.3 is 12.1 Å². The topological polar surface area (TPSA) is 83.1 Å². The monoisotopic (exact) mass is 309 g/mol. The van der Waals surface area contributed by atoms with Gasteiger partial charge in [0.15, 0.2) is 6.29 Å². The van der Waals surface area contributed by atoms with Crippen LogP contribution in [-0.4, -0.2) is 38.1 Å². The molecule has 1 saturated heterocycles. The Kier molecular flexibility index (Phi) is 6.17. The lowest BCUT2D eigenvalue weighted by molar-refractivity contribution is -0.230. The molecule has 1 aliphatic rings. The smallest absolute Gasteiger partial charge is 0.352 e. The van der Waals surface area contributed by atoms with Crippen molar-refractivity contribution in [1.29, 1.82) is 0 Å². The van der Waals surface area contributed by atoms with Crippen LogP contribution in [-0.2, 0) is 24.0 Å². The highest BCUT2D eigenvalue weighted by molar-refractivity contribution is 5.70. The fourth-order valence-corrected chi connectivity index (χ4v) is 2.05. The Morgan fingerprint density at radius 1 is 1.18 bits per heavy atom. The van der Waals surface area contributed by atoms with Crippen molar-refractivity contribution in [3.05, 3.63) is 35.9 Å². The Bertz CT molecular complexity index is 484. The Hall–Kier alpha value is -2.12. The second-order valence-electron chi connectivity index (χ2n) is 4.86. The average molecular weight is 309 g/mol. The summed E-state index contributed by atoms with van der Waals surface area (Å²) in [6.07, 6.45) is -0.710. The Balaban J connectivity index is 1.62. The normalized spacial score (nSPS) is 21.0. The standard InChI is InChI=1S/C15H19NO6/c1-11(17)21-22-15(18)16-8-7-14-19-9-13(10-20-14)12-5-3-2-4-6-12/h2-6,13-14H,7-10H2,1H3,(H,16,18)/t13-,14-. The van der Waals surface area contributed by atoms with E-state index in [4.69, 9.17) is 9.47 Å². The zero-order chi connectivity index (χ0) is 15.8. The van der Waals surface area contributed by atoms with E-state index < -0.39 is 12.1 Å². The molecule has 0 radical (unpaired) electrons. The van der Waals surface area contributed by atoms with Crippen LogP contribution in [0.25, 0.3) is 0 Å². The van der Waals surface area contributed by atoms with Crippen LogP contribution in [0.1, 0.15) is 24.8 Å². The van der Waals surface area contributed by atoms with Crippen LogP contribution in [0.15, 0.2) is 30.3 Å². The molecule has 0 bridgehead atoms. The van der Waals surface area contributed by atoms with E-state index in [0.717, 1.165) is 6.92 Å². The first-order valence-corrected chi connectivity index (χ1v) is 7.06. The summed E-state index contributed by atoms with van der Waals surface area (Å²) in [5.74, 6) is -0.472. The molecule has 0 aromatic heterocycles. The van der Waals surface area contributed by atoms with Crippen LogP contribution in [0.3, 0.4) is 0 Å². The third-order valence-corrected chi connectivity index (χ3v) is 3.12. The zero-order valence-corrected chi connectivity index (χ0v) is 12.3. The zero-order valence-electron chi connectivity index (χ0n) is 12.3. The Morgan fingerprint density at radius 3 is 2.50 bits per heavy atom. The molecular formula is C15H19NO6. The van der Waals surface area contributed by atoms with Crippen LogP contribution >= 0.6 is 0 Å². The van der Waals surface area contributed by atoms with Crippen molar-refractivity contribution >= 4 is 12.1 Å². The molecule has 0 atom stereocenters. The first-order chi connectivity index (χ1) is 10.6. The second-order valence-corrected chi connectivity index (χ2v) is 4.86. The van der Waals surface area contributed by atoms with Crippen LogP contribution in [0, 0.1) is 0 Å². The van der Waals surface area contributed by atoms with Gasteiger partial charge in [-0.1, -0.05) is 30.3 Å². The lowest BCUT2D eigenvalue weighted by Gasteiger charge is -2.29. The van der Waals surface area contributed by atoms with Gasteiger partial charge < -0.3 is 14.8 Å². The minimum absolute atomic E-state index is 0.222. The summed E-state index contributed by atoms with van der Waals surface area (Å²) in [5, 5.41) is 2.43. The molecule has 120 valence electrons. The number of nitrogens with one attached hydrogen (secondary N) is 1. The van der Waals surface area contributed by atoms with Gasteiger partial charge in [-0.3, -0.25) is 0 Å². The van der Waals surface area contributed by atoms with Crippen molar-refractivity contribution in [2.24, 2.45) is 0 Å². The average Bonchev–Trinajstić information content (AvgIpc) is 2.54. The molecule has 1 aliphatic heterocycles. The van der Waals surface area contributed by atoms with Crippen LogP contribution in [0.2, 0.25) is 0 Å². The van der Waals surface area contributed by atoms with Crippen molar-refractivity contribution in [3.63, 3.8) is 0 Å². The molecule has 0 unspecified atom stereocenters. The van der Waals surface area contributed by atoms with Gasteiger partial charge in [-0.05, 0) is 5.56 Å². The van der Waals surface area contributed by atoms with Gasteiger partial charge in [-0.2, -0.15) is 0 Å². The molecule has 0 spiro atoms. The van der Waals surface area contributed by atoms with Crippen molar-refractivity contribution in [1.82, 2.24) is 5.32 Å². The molecule has 1 amide bonds. The van der Waals surface area contributed by atoms with Crippen molar-refractivity contribution < 1.29 is 28.8 Å². The maximum Gasteiger partial charge on any atom is 0.450 e. The number of hydrogen-bond acceptors (Lipinski definition) is 6. The summed E-state index contributed by atoms with van der Waals surface area (Å²) < 4.78 is 11.3. The number of hydrogen-bond donors (Lipinski definition) is 1. The maximum absolute atomic E-state index is 11.1. The summed E-state index contributed by atoms with van der Waals surface area (Å²) in [6.45, 7) is 2.58. The largest absolute Gasteiger partial charge is 0.450 e. The predicted octanol–water partition coefficient (Wildman–Crippen LogP) is 1.74. The number of rotatable bonds is 4. The molecule has 2 rings (SSSR count). The number of amides is 1. The van der Waals surface area contributed by atoms with Crippen LogP contribution < -0.4 is 5.32 Å². The van der Waals surface area contributed by atoms with Gasteiger partial charge in [0.05, 0.1) is 13.2 Å². The van der Waals surface area contributed by atoms with Crippen molar-refractivity contribution in [2.75, 3.05) is 19.8 Å². The van der Waals surface area contributed by atoms with E-state index in [0.29, 0.717) is 26.2 Å². The van der Waals surface area contributed by atoms with Crippen molar-refractivity contribution in [3.8, 4) is 0 Å². The van der Waals surface area contributed by atoms with Gasteiger partial charge in [0.2, 0.25) is 0 Å². The minimum atomic E-state index is -0.826. The van der Waals surface area contributed by atoms with Crippen LogP contribution in [0.5, 0.6) is 0 Å². The van der Waals surface area contributed by atoms with E-state index in [2.05, 4.69) is 15.1 Å². The highest BCUT2D eigenvalue weighted by Crippen LogP contribution is 2.22. The van der Waals surface area contributed by atoms with E-state index in [1.54, 1.807) is 0 Å². The summed E-state index contributed by atoms with van der Waals surface area (Å²) in [6, 6.07) is 10.0.